The maximum Gasteiger partial charge on any atom is 0.258 e. The summed E-state index contributed by atoms with van der Waals surface area (Å²) in [6.07, 6.45) is 1.89. The SMILES string of the molecule is CC1Cc2ccccc2N1C(=O)c1ccc(Cl)c(N(C)S(C)(=O)=O)c1. The Morgan fingerprint density at radius 1 is 1.24 bits per heavy atom. The van der Waals surface area contributed by atoms with E-state index in [9.17, 15) is 13.2 Å². The number of hydrogen-bond donors (Lipinski definition) is 0. The molecule has 0 aliphatic carbocycles. The van der Waals surface area contributed by atoms with Crippen LogP contribution in [0.25, 0.3) is 0 Å². The molecule has 0 N–H and O–H groups in total. The van der Waals surface area contributed by atoms with Crippen molar-refractivity contribution in [2.75, 3.05) is 22.5 Å². The molecule has 25 heavy (non-hydrogen) atoms. The van der Waals surface area contributed by atoms with Crippen LogP contribution in [-0.2, 0) is 16.4 Å². The second-order valence-electron chi connectivity index (χ2n) is 6.25. The largest absolute Gasteiger partial charge is 0.305 e. The number of carbonyl (C=O) groups excluding carboxylic acids is 1. The van der Waals surface area contributed by atoms with Gasteiger partial charge >= 0.3 is 0 Å². The lowest BCUT2D eigenvalue weighted by Crippen LogP contribution is -2.36. The predicted octanol–water partition coefficient (Wildman–Crippen LogP) is 3.33. The van der Waals surface area contributed by atoms with Gasteiger partial charge < -0.3 is 4.90 Å². The third-order valence-corrected chi connectivity index (χ3v) is 5.97. The first-order valence-corrected chi connectivity index (χ1v) is 10.1. The van der Waals surface area contributed by atoms with Crippen LogP contribution in [0.15, 0.2) is 42.5 Å². The van der Waals surface area contributed by atoms with Crippen LogP contribution in [0, 0.1) is 0 Å². The Morgan fingerprint density at radius 3 is 2.60 bits per heavy atom. The van der Waals surface area contributed by atoms with Gasteiger partial charge in [0.15, 0.2) is 0 Å². The maximum atomic E-state index is 13.1. The van der Waals surface area contributed by atoms with E-state index in [1.54, 1.807) is 17.0 Å². The molecule has 1 aliphatic heterocycles. The summed E-state index contributed by atoms with van der Waals surface area (Å²) in [6.45, 7) is 2.00. The van der Waals surface area contributed by atoms with E-state index < -0.39 is 10.0 Å². The highest BCUT2D eigenvalue weighted by Gasteiger charge is 2.31. The number of amides is 1. The molecule has 7 heteroatoms. The molecule has 1 unspecified atom stereocenters. The lowest BCUT2D eigenvalue weighted by atomic mass is 10.1. The second-order valence-corrected chi connectivity index (χ2v) is 8.67. The molecule has 0 spiro atoms. The molecule has 132 valence electrons. The summed E-state index contributed by atoms with van der Waals surface area (Å²) < 4.78 is 24.7. The van der Waals surface area contributed by atoms with Crippen LogP contribution in [0.1, 0.15) is 22.8 Å². The Morgan fingerprint density at radius 2 is 1.92 bits per heavy atom. The smallest absolute Gasteiger partial charge is 0.258 e. The highest BCUT2D eigenvalue weighted by Crippen LogP contribution is 2.34. The Bertz CT molecular complexity index is 943. The van der Waals surface area contributed by atoms with E-state index in [4.69, 9.17) is 11.6 Å². The molecule has 0 bridgehead atoms. The number of carbonyl (C=O) groups is 1. The van der Waals surface area contributed by atoms with Crippen LogP contribution in [0.5, 0.6) is 0 Å². The van der Waals surface area contributed by atoms with Gasteiger partial charge in [0.25, 0.3) is 5.91 Å². The quantitative estimate of drug-likeness (QED) is 0.823. The summed E-state index contributed by atoms with van der Waals surface area (Å²) in [5, 5.41) is 0.277. The average molecular weight is 379 g/mol. The van der Waals surface area contributed by atoms with Crippen molar-refractivity contribution in [2.24, 2.45) is 0 Å². The van der Waals surface area contributed by atoms with E-state index in [2.05, 4.69) is 0 Å². The number of halogens is 1. The predicted molar refractivity (Wildman–Crippen MR) is 101 cm³/mol. The van der Waals surface area contributed by atoms with Crippen molar-refractivity contribution in [2.45, 2.75) is 19.4 Å². The van der Waals surface area contributed by atoms with Crippen molar-refractivity contribution in [1.82, 2.24) is 0 Å². The number of rotatable bonds is 3. The standard InChI is InChI=1S/C18H19ClN2O3S/c1-12-10-13-6-4-5-7-16(13)21(12)18(22)14-8-9-15(19)17(11-14)20(2)25(3,23)24/h4-9,11-12H,10H2,1-3H3. The van der Waals surface area contributed by atoms with Crippen LogP contribution < -0.4 is 9.21 Å². The summed E-state index contributed by atoms with van der Waals surface area (Å²) >= 11 is 6.14. The van der Waals surface area contributed by atoms with Gasteiger partial charge in [-0.25, -0.2) is 8.42 Å². The third-order valence-electron chi connectivity index (χ3n) is 4.46. The Kier molecular flexibility index (Phi) is 4.51. The van der Waals surface area contributed by atoms with E-state index in [1.807, 2.05) is 31.2 Å². The van der Waals surface area contributed by atoms with Gasteiger partial charge in [0.1, 0.15) is 0 Å². The molecule has 2 aromatic rings. The fourth-order valence-corrected chi connectivity index (χ4v) is 3.88. The molecule has 0 radical (unpaired) electrons. The Hall–Kier alpha value is -2.05. The van der Waals surface area contributed by atoms with Crippen molar-refractivity contribution >= 4 is 38.9 Å². The topological polar surface area (TPSA) is 57.7 Å². The maximum absolute atomic E-state index is 13.1. The molecule has 1 amide bonds. The van der Waals surface area contributed by atoms with Crippen molar-refractivity contribution in [3.8, 4) is 0 Å². The average Bonchev–Trinajstić information content (AvgIpc) is 2.89. The summed E-state index contributed by atoms with van der Waals surface area (Å²) in [6, 6.07) is 12.6. The van der Waals surface area contributed by atoms with E-state index in [-0.39, 0.29) is 22.7 Å². The number of para-hydroxylation sites is 1. The molecule has 0 saturated carbocycles. The molecule has 0 saturated heterocycles. The summed E-state index contributed by atoms with van der Waals surface area (Å²) in [7, 11) is -2.06. The minimum Gasteiger partial charge on any atom is -0.305 e. The highest BCUT2D eigenvalue weighted by molar-refractivity contribution is 7.92. The number of fused-ring (bicyclic) bond motifs is 1. The van der Waals surface area contributed by atoms with Crippen LogP contribution in [0.2, 0.25) is 5.02 Å². The van der Waals surface area contributed by atoms with Gasteiger partial charge in [-0.1, -0.05) is 29.8 Å². The zero-order valence-electron chi connectivity index (χ0n) is 14.2. The van der Waals surface area contributed by atoms with Gasteiger partial charge in [-0.3, -0.25) is 9.10 Å². The van der Waals surface area contributed by atoms with Crippen LogP contribution >= 0.6 is 11.6 Å². The summed E-state index contributed by atoms with van der Waals surface area (Å²) in [5.74, 6) is -0.169. The first kappa shape index (κ1) is 17.8. The van der Waals surface area contributed by atoms with Crippen LogP contribution in [0.3, 0.4) is 0 Å². The van der Waals surface area contributed by atoms with Gasteiger partial charge in [0.2, 0.25) is 10.0 Å². The fraction of sp³-hybridized carbons (Fsp3) is 0.278. The minimum atomic E-state index is -3.48. The zero-order valence-corrected chi connectivity index (χ0v) is 15.8. The molecule has 5 nitrogen and oxygen atoms in total. The van der Waals surface area contributed by atoms with E-state index in [0.29, 0.717) is 5.56 Å². The molecular weight excluding hydrogens is 360 g/mol. The number of nitrogens with zero attached hydrogens (tertiary/aromatic N) is 2. The lowest BCUT2D eigenvalue weighted by Gasteiger charge is -2.24. The molecule has 1 heterocycles. The molecule has 1 atom stereocenters. The molecule has 2 aromatic carbocycles. The third kappa shape index (κ3) is 3.24. The van der Waals surface area contributed by atoms with Gasteiger partial charge in [-0.05, 0) is 43.2 Å². The molecule has 3 rings (SSSR count). The van der Waals surface area contributed by atoms with Crippen molar-refractivity contribution in [1.29, 1.82) is 0 Å². The monoisotopic (exact) mass is 378 g/mol. The number of anilines is 2. The van der Waals surface area contributed by atoms with Crippen LogP contribution in [0.4, 0.5) is 11.4 Å². The van der Waals surface area contributed by atoms with E-state index in [0.717, 1.165) is 28.2 Å². The molecule has 0 fully saturated rings. The Balaban J connectivity index is 2.02. The lowest BCUT2D eigenvalue weighted by molar-refractivity contribution is 0.0981. The zero-order chi connectivity index (χ0) is 18.4. The van der Waals surface area contributed by atoms with E-state index in [1.165, 1.54) is 13.1 Å². The summed E-state index contributed by atoms with van der Waals surface area (Å²) in [5.41, 5.74) is 2.72. The van der Waals surface area contributed by atoms with Gasteiger partial charge in [-0.15, -0.1) is 0 Å². The number of sulfonamides is 1. The first-order chi connectivity index (χ1) is 11.7. The van der Waals surface area contributed by atoms with E-state index >= 15 is 0 Å². The molecule has 0 aromatic heterocycles. The van der Waals surface area contributed by atoms with Crippen LogP contribution in [-0.4, -0.2) is 33.7 Å². The second kappa shape index (κ2) is 6.35. The van der Waals surface area contributed by atoms with Gasteiger partial charge in [-0.2, -0.15) is 0 Å². The number of benzene rings is 2. The minimum absolute atomic E-state index is 0.0386. The normalized spacial score (nSPS) is 16.6. The highest BCUT2D eigenvalue weighted by atomic mass is 35.5. The molecule has 1 aliphatic rings. The van der Waals surface area contributed by atoms with Crippen molar-refractivity contribution < 1.29 is 13.2 Å². The first-order valence-electron chi connectivity index (χ1n) is 7.85. The fourth-order valence-electron chi connectivity index (χ4n) is 3.08. The van der Waals surface area contributed by atoms with Crippen molar-refractivity contribution in [3.63, 3.8) is 0 Å². The molecular formula is C18H19ClN2O3S. The van der Waals surface area contributed by atoms with Crippen molar-refractivity contribution in [3.05, 3.63) is 58.6 Å². The number of hydrogen-bond acceptors (Lipinski definition) is 3. The van der Waals surface area contributed by atoms with Gasteiger partial charge in [0.05, 0.1) is 17.0 Å². The Labute approximate surface area is 152 Å². The summed E-state index contributed by atoms with van der Waals surface area (Å²) in [4.78, 5) is 14.8. The van der Waals surface area contributed by atoms with Gasteiger partial charge in [0, 0.05) is 24.3 Å².